The first-order valence-electron chi connectivity index (χ1n) is 19.9. The minimum absolute atomic E-state index is 0.00932. The Bertz CT molecular complexity index is 775. The van der Waals surface area contributed by atoms with Gasteiger partial charge in [0, 0.05) is 0 Å². The van der Waals surface area contributed by atoms with E-state index in [4.69, 9.17) is 0 Å². The summed E-state index contributed by atoms with van der Waals surface area (Å²) in [5.41, 5.74) is 0. The van der Waals surface area contributed by atoms with Crippen LogP contribution >= 0.6 is 0 Å². The third kappa shape index (κ3) is 34.0. The molecule has 5 heteroatoms. The van der Waals surface area contributed by atoms with Gasteiger partial charge in [-0.15, -0.1) is 0 Å². The summed E-state index contributed by atoms with van der Waals surface area (Å²) < 4.78 is 0. The van der Waals surface area contributed by atoms with Crippen LogP contribution in [-0.4, -0.2) is 46.1 Å². The second kappa shape index (κ2) is 37.1. The Hall–Kier alpha value is -1.69. The number of aliphatic hydroxyl groups is 3. The van der Waals surface area contributed by atoms with Crippen molar-refractivity contribution in [3.8, 4) is 0 Å². The van der Waals surface area contributed by atoms with Gasteiger partial charge >= 0.3 is 0 Å². The molecular weight excluding hydrogens is 582 g/mol. The van der Waals surface area contributed by atoms with E-state index in [1.807, 2.05) is 6.08 Å². The van der Waals surface area contributed by atoms with Crippen molar-refractivity contribution in [2.45, 2.75) is 205 Å². The fourth-order valence-electron chi connectivity index (χ4n) is 5.72. The molecule has 0 aliphatic carbocycles. The van der Waals surface area contributed by atoms with Gasteiger partial charge in [0.05, 0.1) is 31.3 Å². The zero-order chi connectivity index (χ0) is 34.5. The molecule has 47 heavy (non-hydrogen) atoms. The molecule has 4 N–H and O–H groups in total. The highest BCUT2D eigenvalue weighted by atomic mass is 16.3. The van der Waals surface area contributed by atoms with Gasteiger partial charge in [0.15, 0.2) is 0 Å². The van der Waals surface area contributed by atoms with Gasteiger partial charge in [-0.05, 0) is 70.6 Å². The average molecular weight is 660 g/mol. The van der Waals surface area contributed by atoms with E-state index in [-0.39, 0.29) is 18.9 Å². The Morgan fingerprint density at radius 3 is 1.36 bits per heavy atom. The maximum absolute atomic E-state index is 12.4. The van der Waals surface area contributed by atoms with Crippen LogP contribution < -0.4 is 5.32 Å². The lowest BCUT2D eigenvalue weighted by molar-refractivity contribution is -0.124. The lowest BCUT2D eigenvalue weighted by Crippen LogP contribution is -2.45. The van der Waals surface area contributed by atoms with Gasteiger partial charge < -0.3 is 20.6 Å². The van der Waals surface area contributed by atoms with E-state index in [1.54, 1.807) is 6.08 Å². The van der Waals surface area contributed by atoms with Gasteiger partial charge in [-0.3, -0.25) is 4.79 Å². The van der Waals surface area contributed by atoms with E-state index in [1.165, 1.54) is 109 Å². The number of carbonyl (C=O) groups is 1. The summed E-state index contributed by atoms with van der Waals surface area (Å²) >= 11 is 0. The molecular formula is C42H77NO4. The number of amides is 1. The Morgan fingerprint density at radius 1 is 0.532 bits per heavy atom. The van der Waals surface area contributed by atoms with E-state index in [0.29, 0.717) is 6.42 Å². The molecule has 0 aromatic carbocycles. The van der Waals surface area contributed by atoms with Crippen molar-refractivity contribution in [2.75, 3.05) is 6.61 Å². The van der Waals surface area contributed by atoms with Crippen LogP contribution in [0.5, 0.6) is 0 Å². The zero-order valence-electron chi connectivity index (χ0n) is 30.9. The second-order valence-corrected chi connectivity index (χ2v) is 13.5. The minimum atomic E-state index is -0.963. The van der Waals surface area contributed by atoms with Gasteiger partial charge in [0.25, 0.3) is 0 Å². The monoisotopic (exact) mass is 660 g/mol. The molecule has 0 saturated carbocycles. The van der Waals surface area contributed by atoms with E-state index in [9.17, 15) is 20.1 Å². The van der Waals surface area contributed by atoms with Gasteiger partial charge in [-0.25, -0.2) is 0 Å². The molecule has 5 nitrogen and oxygen atoms in total. The van der Waals surface area contributed by atoms with Gasteiger partial charge in [0.1, 0.15) is 0 Å². The third-order valence-corrected chi connectivity index (χ3v) is 8.82. The van der Waals surface area contributed by atoms with Crippen LogP contribution in [0.1, 0.15) is 187 Å². The lowest BCUT2D eigenvalue weighted by atomic mass is 10.0. The standard InChI is InChI=1S/C42H77NO4/c1-3-5-7-9-11-13-15-17-19-21-23-25-27-29-31-33-35-39(45)37-42(47)43-40(38-44)41(46)36-34-32-30-28-26-24-22-20-18-16-14-12-10-8-6-4-2/h18,20,23,25-26,28,34,36,39-41,44-46H,3-17,19,21-22,24,27,29-33,35,37-38H2,1-2H3,(H,43,47)/b20-18+,25-23-,28-26+,36-34+. The summed E-state index contributed by atoms with van der Waals surface area (Å²) in [6.45, 7) is 4.17. The maximum Gasteiger partial charge on any atom is 0.222 e. The Labute approximate surface area is 291 Å². The summed E-state index contributed by atoms with van der Waals surface area (Å²) in [6.07, 6.45) is 46.7. The Balaban J connectivity index is 3.82. The summed E-state index contributed by atoms with van der Waals surface area (Å²) in [6, 6.07) is -0.771. The first kappa shape index (κ1) is 45.3. The number of aliphatic hydroxyl groups excluding tert-OH is 3. The molecule has 0 aromatic rings. The molecule has 0 radical (unpaired) electrons. The molecule has 0 spiro atoms. The van der Waals surface area contributed by atoms with E-state index < -0.39 is 18.2 Å². The number of unbranched alkanes of at least 4 members (excludes halogenated alkanes) is 20. The van der Waals surface area contributed by atoms with Crippen molar-refractivity contribution in [3.05, 3.63) is 48.6 Å². The van der Waals surface area contributed by atoms with Crippen molar-refractivity contribution >= 4 is 5.91 Å². The molecule has 0 rings (SSSR count). The molecule has 0 bridgehead atoms. The highest BCUT2D eigenvalue weighted by Gasteiger charge is 2.20. The summed E-state index contributed by atoms with van der Waals surface area (Å²) in [5.74, 6) is -0.340. The highest BCUT2D eigenvalue weighted by molar-refractivity contribution is 5.76. The molecule has 0 fully saturated rings. The predicted octanol–water partition coefficient (Wildman–Crippen LogP) is 11.0. The van der Waals surface area contributed by atoms with Crippen LogP contribution in [0, 0.1) is 0 Å². The van der Waals surface area contributed by atoms with Gasteiger partial charge in [-0.1, -0.05) is 159 Å². The van der Waals surface area contributed by atoms with Crippen LogP contribution in [0.25, 0.3) is 0 Å². The number of allylic oxidation sites excluding steroid dienone is 7. The third-order valence-electron chi connectivity index (χ3n) is 8.82. The average Bonchev–Trinajstić information content (AvgIpc) is 3.06. The molecule has 0 aliphatic heterocycles. The molecule has 1 amide bonds. The minimum Gasteiger partial charge on any atom is -0.394 e. The Kier molecular flexibility index (Phi) is 35.8. The first-order chi connectivity index (χ1) is 23.0. The number of rotatable bonds is 35. The second-order valence-electron chi connectivity index (χ2n) is 13.5. The molecule has 0 heterocycles. The topological polar surface area (TPSA) is 89.8 Å². The summed E-state index contributed by atoms with van der Waals surface area (Å²) in [4.78, 5) is 12.4. The number of hydrogen-bond acceptors (Lipinski definition) is 4. The fraction of sp³-hybridized carbons (Fsp3) is 0.786. The smallest absolute Gasteiger partial charge is 0.222 e. The van der Waals surface area contributed by atoms with Crippen LogP contribution in [-0.2, 0) is 4.79 Å². The highest BCUT2D eigenvalue weighted by Crippen LogP contribution is 2.13. The van der Waals surface area contributed by atoms with Crippen LogP contribution in [0.3, 0.4) is 0 Å². The summed E-state index contributed by atoms with van der Waals surface area (Å²) in [7, 11) is 0. The fourth-order valence-corrected chi connectivity index (χ4v) is 5.72. The molecule has 274 valence electrons. The maximum atomic E-state index is 12.4. The van der Waals surface area contributed by atoms with Crippen molar-refractivity contribution in [1.82, 2.24) is 5.32 Å². The van der Waals surface area contributed by atoms with E-state index in [0.717, 1.165) is 51.4 Å². The largest absolute Gasteiger partial charge is 0.394 e. The zero-order valence-corrected chi connectivity index (χ0v) is 30.9. The summed E-state index contributed by atoms with van der Waals surface area (Å²) in [5, 5.41) is 33.1. The van der Waals surface area contributed by atoms with Crippen LogP contribution in [0.2, 0.25) is 0 Å². The van der Waals surface area contributed by atoms with E-state index in [2.05, 4.69) is 55.6 Å². The van der Waals surface area contributed by atoms with Gasteiger partial charge in [0.2, 0.25) is 5.91 Å². The quantitative estimate of drug-likeness (QED) is 0.0402. The molecule has 0 aromatic heterocycles. The number of hydrogen-bond donors (Lipinski definition) is 4. The lowest BCUT2D eigenvalue weighted by Gasteiger charge is -2.20. The van der Waals surface area contributed by atoms with Crippen molar-refractivity contribution in [2.24, 2.45) is 0 Å². The van der Waals surface area contributed by atoms with Gasteiger partial charge in [-0.2, -0.15) is 0 Å². The number of carbonyl (C=O) groups excluding carboxylic acids is 1. The first-order valence-corrected chi connectivity index (χ1v) is 19.9. The van der Waals surface area contributed by atoms with Crippen LogP contribution in [0.4, 0.5) is 0 Å². The normalized spacial score (nSPS) is 14.2. The van der Waals surface area contributed by atoms with E-state index >= 15 is 0 Å². The van der Waals surface area contributed by atoms with Crippen molar-refractivity contribution in [3.63, 3.8) is 0 Å². The molecule has 0 aliphatic rings. The van der Waals surface area contributed by atoms with Crippen LogP contribution in [0.15, 0.2) is 48.6 Å². The SMILES string of the molecule is CCCCCCCC/C=C/CC/C=C/CC/C=C/C(O)C(CO)NC(=O)CC(O)CCCCC/C=C\CCCCCCCCCCC. The molecule has 3 unspecified atom stereocenters. The molecule has 0 saturated heterocycles. The van der Waals surface area contributed by atoms with Crippen molar-refractivity contribution < 1.29 is 20.1 Å². The Morgan fingerprint density at radius 2 is 0.915 bits per heavy atom. The number of nitrogens with one attached hydrogen (secondary N) is 1. The molecule has 3 atom stereocenters. The predicted molar refractivity (Wildman–Crippen MR) is 204 cm³/mol. The van der Waals surface area contributed by atoms with Crippen molar-refractivity contribution in [1.29, 1.82) is 0 Å².